The predicted octanol–water partition coefficient (Wildman–Crippen LogP) is 5.96. The van der Waals surface area contributed by atoms with Crippen LogP contribution in [0, 0.1) is 0 Å². The Balaban J connectivity index is 1.44. The molecular weight excluding hydrogens is 588 g/mol. The van der Waals surface area contributed by atoms with Crippen molar-refractivity contribution >= 4 is 35.3 Å². The Morgan fingerprint density at radius 1 is 0.543 bits per heavy atom. The highest BCUT2D eigenvalue weighted by Crippen LogP contribution is 2.39. The lowest BCUT2D eigenvalue weighted by Gasteiger charge is -2.35. The highest BCUT2D eigenvalue weighted by atomic mass is 16.5. The van der Waals surface area contributed by atoms with Crippen molar-refractivity contribution in [1.29, 1.82) is 0 Å². The Bertz CT molecular complexity index is 1500. The summed E-state index contributed by atoms with van der Waals surface area (Å²) >= 11 is 0. The third-order valence-electron chi connectivity index (χ3n) is 7.19. The zero-order chi connectivity index (χ0) is 33.1. The van der Waals surface area contributed by atoms with Crippen molar-refractivity contribution in [3.05, 3.63) is 96.1 Å². The standard InChI is InChI=1S/C36H38N2O8/c1-41-29-21-25(22-30(42-2)35(29)45-5)13-7-11-17-33(39)37-19-20-38(28-16-10-9-15-27(28)37)34(40)18-12-8-14-26-23-31(43-3)36(46-6)32(24-26)44-4/h7-18,21-24H,19-20H2,1-6H3. The number of para-hydroxylation sites is 2. The van der Waals surface area contributed by atoms with Gasteiger partial charge in [0.1, 0.15) is 0 Å². The largest absolute Gasteiger partial charge is 0.493 e. The Morgan fingerprint density at radius 2 is 0.891 bits per heavy atom. The molecule has 0 aromatic heterocycles. The first kappa shape index (κ1) is 33.3. The minimum Gasteiger partial charge on any atom is -0.493 e. The second-order valence-corrected chi connectivity index (χ2v) is 9.82. The number of carbonyl (C=O) groups is 2. The minimum absolute atomic E-state index is 0.196. The van der Waals surface area contributed by atoms with E-state index >= 15 is 0 Å². The van der Waals surface area contributed by atoms with Crippen molar-refractivity contribution in [3.63, 3.8) is 0 Å². The maximum atomic E-state index is 13.2. The number of allylic oxidation sites excluding steroid dienone is 4. The SMILES string of the molecule is COc1cc(C=CC=CC(=O)N2CCN(C(=O)C=CC=Cc3cc(OC)c(OC)c(OC)c3)c3ccccc32)cc(OC)c1OC. The van der Waals surface area contributed by atoms with E-state index in [9.17, 15) is 9.59 Å². The van der Waals surface area contributed by atoms with Crippen molar-refractivity contribution in [2.75, 3.05) is 65.5 Å². The van der Waals surface area contributed by atoms with Gasteiger partial charge in [-0.3, -0.25) is 9.59 Å². The first-order valence-corrected chi connectivity index (χ1v) is 14.4. The predicted molar refractivity (Wildman–Crippen MR) is 180 cm³/mol. The number of anilines is 2. The van der Waals surface area contributed by atoms with Crippen LogP contribution >= 0.6 is 0 Å². The molecule has 0 saturated heterocycles. The average Bonchev–Trinajstić information content (AvgIpc) is 3.09. The third kappa shape index (κ3) is 7.52. The maximum absolute atomic E-state index is 13.2. The van der Waals surface area contributed by atoms with Crippen molar-refractivity contribution < 1.29 is 38.0 Å². The van der Waals surface area contributed by atoms with Gasteiger partial charge in [-0.1, -0.05) is 48.6 Å². The fraction of sp³-hybridized carbons (Fsp3) is 0.222. The Morgan fingerprint density at radius 3 is 1.20 bits per heavy atom. The monoisotopic (exact) mass is 626 g/mol. The van der Waals surface area contributed by atoms with E-state index in [4.69, 9.17) is 28.4 Å². The van der Waals surface area contributed by atoms with E-state index in [0.29, 0.717) is 59.0 Å². The van der Waals surface area contributed by atoms with Crippen LogP contribution in [0.25, 0.3) is 12.2 Å². The molecular formula is C36H38N2O8. The zero-order valence-corrected chi connectivity index (χ0v) is 26.8. The lowest BCUT2D eigenvalue weighted by Crippen LogP contribution is -2.45. The van der Waals surface area contributed by atoms with E-state index in [2.05, 4.69) is 0 Å². The smallest absolute Gasteiger partial charge is 0.251 e. The molecule has 4 rings (SSSR count). The Kier molecular flexibility index (Phi) is 11.5. The molecule has 0 saturated carbocycles. The summed E-state index contributed by atoms with van der Waals surface area (Å²) < 4.78 is 32.4. The van der Waals surface area contributed by atoms with Crippen molar-refractivity contribution in [3.8, 4) is 34.5 Å². The number of ether oxygens (including phenoxy) is 6. The molecule has 0 bridgehead atoms. The van der Waals surface area contributed by atoms with Gasteiger partial charge in [-0.15, -0.1) is 0 Å². The van der Waals surface area contributed by atoms with Gasteiger partial charge in [-0.05, 0) is 47.5 Å². The van der Waals surface area contributed by atoms with Crippen molar-refractivity contribution in [1.82, 2.24) is 0 Å². The van der Waals surface area contributed by atoms with Gasteiger partial charge in [-0.2, -0.15) is 0 Å². The van der Waals surface area contributed by atoms with Crippen LogP contribution in [0.3, 0.4) is 0 Å². The second kappa shape index (κ2) is 15.9. The number of amides is 2. The van der Waals surface area contributed by atoms with Gasteiger partial charge in [0.15, 0.2) is 23.0 Å². The first-order valence-electron chi connectivity index (χ1n) is 14.4. The van der Waals surface area contributed by atoms with Crippen LogP contribution in [0.1, 0.15) is 11.1 Å². The summed E-state index contributed by atoms with van der Waals surface area (Å²) in [6, 6.07) is 14.6. The fourth-order valence-electron chi connectivity index (χ4n) is 5.00. The van der Waals surface area contributed by atoms with Gasteiger partial charge in [0, 0.05) is 25.2 Å². The molecule has 0 fully saturated rings. The number of fused-ring (bicyclic) bond motifs is 1. The van der Waals surface area contributed by atoms with Crippen LogP contribution in [0.5, 0.6) is 34.5 Å². The highest BCUT2D eigenvalue weighted by Gasteiger charge is 2.28. The number of nitrogens with zero attached hydrogens (tertiary/aromatic N) is 2. The summed E-state index contributed by atoms with van der Waals surface area (Å²) in [5.41, 5.74) is 2.95. The summed E-state index contributed by atoms with van der Waals surface area (Å²) in [5, 5.41) is 0. The number of carbonyl (C=O) groups excluding carboxylic acids is 2. The quantitative estimate of drug-likeness (QED) is 0.180. The van der Waals surface area contributed by atoms with Crippen LogP contribution in [-0.4, -0.2) is 67.6 Å². The molecule has 1 heterocycles. The number of hydrogen-bond donors (Lipinski definition) is 0. The lowest BCUT2D eigenvalue weighted by molar-refractivity contribution is -0.115. The van der Waals surface area contributed by atoms with Crippen molar-refractivity contribution in [2.24, 2.45) is 0 Å². The second-order valence-electron chi connectivity index (χ2n) is 9.82. The molecule has 10 nitrogen and oxygen atoms in total. The number of methoxy groups -OCH3 is 6. The molecule has 0 radical (unpaired) electrons. The molecule has 0 unspecified atom stereocenters. The molecule has 240 valence electrons. The van der Waals surface area contributed by atoms with E-state index in [-0.39, 0.29) is 11.8 Å². The van der Waals surface area contributed by atoms with Crippen LogP contribution in [-0.2, 0) is 9.59 Å². The fourth-order valence-corrected chi connectivity index (χ4v) is 5.00. The van der Waals surface area contributed by atoms with Gasteiger partial charge in [0.25, 0.3) is 11.8 Å². The van der Waals surface area contributed by atoms with Gasteiger partial charge in [0.2, 0.25) is 11.5 Å². The normalized spacial score (nSPS) is 13.0. The summed E-state index contributed by atoms with van der Waals surface area (Å²) in [6.07, 6.45) is 13.5. The van der Waals surface area contributed by atoms with E-state index in [1.54, 1.807) is 76.8 Å². The summed E-state index contributed by atoms with van der Waals surface area (Å²) in [4.78, 5) is 29.7. The van der Waals surface area contributed by atoms with Crippen LogP contribution in [0.4, 0.5) is 11.4 Å². The summed E-state index contributed by atoms with van der Waals surface area (Å²) in [5.74, 6) is 2.77. The molecule has 2 amide bonds. The van der Waals surface area contributed by atoms with Crippen LogP contribution in [0.2, 0.25) is 0 Å². The molecule has 10 heteroatoms. The van der Waals surface area contributed by atoms with E-state index in [1.165, 1.54) is 12.2 Å². The average molecular weight is 627 g/mol. The van der Waals surface area contributed by atoms with Gasteiger partial charge in [-0.25, -0.2) is 0 Å². The van der Waals surface area contributed by atoms with E-state index < -0.39 is 0 Å². The maximum Gasteiger partial charge on any atom is 0.251 e. The van der Waals surface area contributed by atoms with Gasteiger partial charge in [0.05, 0.1) is 54.0 Å². The number of rotatable bonds is 12. The molecule has 1 aliphatic rings. The third-order valence-corrected chi connectivity index (χ3v) is 7.19. The van der Waals surface area contributed by atoms with Gasteiger partial charge < -0.3 is 38.2 Å². The zero-order valence-electron chi connectivity index (χ0n) is 26.8. The number of hydrogen-bond acceptors (Lipinski definition) is 8. The molecule has 1 aliphatic heterocycles. The molecule has 0 spiro atoms. The Labute approximate surface area is 269 Å². The Hall–Kier alpha value is -5.64. The van der Waals surface area contributed by atoms with Gasteiger partial charge >= 0.3 is 0 Å². The molecule has 0 aliphatic carbocycles. The number of benzene rings is 3. The summed E-state index contributed by atoms with van der Waals surface area (Å²) in [7, 11) is 9.33. The van der Waals surface area contributed by atoms with Crippen molar-refractivity contribution in [2.45, 2.75) is 0 Å². The molecule has 0 atom stereocenters. The van der Waals surface area contributed by atoms with E-state index in [0.717, 1.165) is 11.1 Å². The molecule has 3 aromatic rings. The molecule has 3 aromatic carbocycles. The minimum atomic E-state index is -0.196. The molecule has 0 N–H and O–H groups in total. The lowest BCUT2D eigenvalue weighted by atomic mass is 10.1. The first-order chi connectivity index (χ1) is 22.4. The van der Waals surface area contributed by atoms with Crippen LogP contribution < -0.4 is 38.2 Å². The summed E-state index contributed by atoms with van der Waals surface area (Å²) in [6.45, 7) is 0.690. The highest BCUT2D eigenvalue weighted by molar-refractivity contribution is 6.10. The van der Waals surface area contributed by atoms with E-state index in [1.807, 2.05) is 60.7 Å². The molecule has 46 heavy (non-hydrogen) atoms. The van der Waals surface area contributed by atoms with Crippen LogP contribution in [0.15, 0.2) is 85.0 Å². The topological polar surface area (TPSA) is 96.0 Å².